The van der Waals surface area contributed by atoms with Gasteiger partial charge in [-0.05, 0) is 41.8 Å². The summed E-state index contributed by atoms with van der Waals surface area (Å²) in [5.74, 6) is -0.728. The molecule has 40 heavy (non-hydrogen) atoms. The maximum absolute atomic E-state index is 13.6. The van der Waals surface area contributed by atoms with Gasteiger partial charge in [-0.15, -0.1) is 5.10 Å². The fraction of sp³-hybridized carbons (Fsp3) is 0.129. The highest BCUT2D eigenvalue weighted by Crippen LogP contribution is 2.21. The van der Waals surface area contributed by atoms with Gasteiger partial charge in [-0.25, -0.2) is 9.48 Å². The Morgan fingerprint density at radius 1 is 0.775 bits per heavy atom. The average molecular weight is 534 g/mol. The SMILES string of the molecule is O=C(NC(C(=O)Nc1ccccc1C(=O)CCc1ccccc1)n1nnc2ccccc21)OCc1ccccc1. The molecule has 0 saturated heterocycles. The zero-order chi connectivity index (χ0) is 27.7. The summed E-state index contributed by atoms with van der Waals surface area (Å²) in [6.07, 6.45) is -1.26. The number of benzene rings is 4. The summed E-state index contributed by atoms with van der Waals surface area (Å²) in [6, 6.07) is 32.8. The highest BCUT2D eigenvalue weighted by molar-refractivity contribution is 6.06. The van der Waals surface area contributed by atoms with Gasteiger partial charge in [0, 0.05) is 12.0 Å². The maximum Gasteiger partial charge on any atom is 0.409 e. The van der Waals surface area contributed by atoms with Crippen LogP contribution in [0.25, 0.3) is 11.0 Å². The molecule has 5 rings (SSSR count). The molecule has 2 N–H and O–H groups in total. The molecule has 0 saturated carbocycles. The topological polar surface area (TPSA) is 115 Å². The van der Waals surface area contributed by atoms with E-state index in [1.807, 2.05) is 60.7 Å². The van der Waals surface area contributed by atoms with E-state index in [0.29, 0.717) is 28.7 Å². The minimum atomic E-state index is -1.30. The zero-order valence-corrected chi connectivity index (χ0v) is 21.6. The summed E-state index contributed by atoms with van der Waals surface area (Å²) in [7, 11) is 0. The summed E-state index contributed by atoms with van der Waals surface area (Å²) in [5.41, 5.74) is 3.65. The van der Waals surface area contributed by atoms with Gasteiger partial charge in [0.2, 0.25) is 6.17 Å². The standard InChI is InChI=1S/C31H27N5O4/c37-28(20-19-22-11-3-1-4-12-22)24-15-7-8-16-25(24)32-30(38)29(36-27-18-10-9-17-26(27)34-35-36)33-31(39)40-21-23-13-5-2-6-14-23/h1-18,29H,19-21H2,(H,32,38)(H,33,39). The average Bonchev–Trinajstić information content (AvgIpc) is 3.43. The monoisotopic (exact) mass is 533 g/mol. The Labute approximate surface area is 230 Å². The van der Waals surface area contributed by atoms with Gasteiger partial charge in [0.1, 0.15) is 12.1 Å². The van der Waals surface area contributed by atoms with Gasteiger partial charge < -0.3 is 10.1 Å². The van der Waals surface area contributed by atoms with E-state index in [1.165, 1.54) is 4.68 Å². The van der Waals surface area contributed by atoms with E-state index >= 15 is 0 Å². The van der Waals surface area contributed by atoms with Gasteiger partial charge in [-0.2, -0.15) is 0 Å². The first-order chi connectivity index (χ1) is 19.6. The normalized spacial score (nSPS) is 11.5. The summed E-state index contributed by atoms with van der Waals surface area (Å²) < 4.78 is 6.67. The third-order valence-electron chi connectivity index (χ3n) is 6.31. The predicted molar refractivity (Wildman–Crippen MR) is 150 cm³/mol. The van der Waals surface area contributed by atoms with E-state index in [4.69, 9.17) is 4.74 Å². The number of carbonyl (C=O) groups is 3. The number of amides is 2. The molecule has 9 heteroatoms. The number of ether oxygens (including phenoxy) is 1. The van der Waals surface area contributed by atoms with Crippen molar-refractivity contribution in [1.29, 1.82) is 0 Å². The van der Waals surface area contributed by atoms with E-state index in [2.05, 4.69) is 20.9 Å². The van der Waals surface area contributed by atoms with Gasteiger partial charge in [-0.3, -0.25) is 14.9 Å². The maximum atomic E-state index is 13.6. The molecular formula is C31H27N5O4. The number of nitrogens with zero attached hydrogens (tertiary/aromatic N) is 3. The van der Waals surface area contributed by atoms with Crippen LogP contribution in [0.3, 0.4) is 0 Å². The van der Waals surface area contributed by atoms with Crippen LogP contribution in [-0.4, -0.2) is 32.8 Å². The van der Waals surface area contributed by atoms with Crippen LogP contribution in [0, 0.1) is 0 Å². The number of carbonyl (C=O) groups excluding carboxylic acids is 3. The molecule has 0 aliphatic carbocycles. The molecule has 0 aliphatic rings. The molecule has 4 aromatic carbocycles. The fourth-order valence-corrected chi connectivity index (χ4v) is 4.27. The second-order valence-electron chi connectivity index (χ2n) is 9.07. The Kier molecular flexibility index (Phi) is 8.21. The molecule has 1 atom stereocenters. The minimum absolute atomic E-state index is 0.0257. The molecule has 0 aliphatic heterocycles. The number of Topliss-reactive ketones (excluding diaryl/α,β-unsaturated/α-hetero) is 1. The van der Waals surface area contributed by atoms with Gasteiger partial charge in [0.15, 0.2) is 5.78 Å². The smallest absolute Gasteiger partial charge is 0.409 e. The number of hydrogen-bond acceptors (Lipinski definition) is 6. The number of nitrogens with one attached hydrogen (secondary N) is 2. The van der Waals surface area contributed by atoms with E-state index in [-0.39, 0.29) is 18.8 Å². The van der Waals surface area contributed by atoms with E-state index in [1.54, 1.807) is 48.5 Å². The molecule has 9 nitrogen and oxygen atoms in total. The summed E-state index contributed by atoms with van der Waals surface area (Å²) in [6.45, 7) is 0.0257. The number of alkyl carbamates (subject to hydrolysis) is 1. The number of ketones is 1. The van der Waals surface area contributed by atoms with Crippen LogP contribution in [0.4, 0.5) is 10.5 Å². The van der Waals surface area contributed by atoms with Crippen molar-refractivity contribution >= 4 is 34.5 Å². The first kappa shape index (κ1) is 26.3. The number of fused-ring (bicyclic) bond motifs is 1. The van der Waals surface area contributed by atoms with Gasteiger partial charge in [0.25, 0.3) is 5.91 Å². The van der Waals surface area contributed by atoms with Crippen molar-refractivity contribution in [3.8, 4) is 0 Å². The van der Waals surface area contributed by atoms with Crippen molar-refractivity contribution < 1.29 is 19.1 Å². The molecule has 0 fully saturated rings. The third kappa shape index (κ3) is 6.39. The first-order valence-corrected chi connectivity index (χ1v) is 12.8. The second kappa shape index (κ2) is 12.5. The number of para-hydroxylation sites is 2. The lowest BCUT2D eigenvalue weighted by Crippen LogP contribution is -2.41. The lowest BCUT2D eigenvalue weighted by Gasteiger charge is -2.20. The van der Waals surface area contributed by atoms with Crippen LogP contribution >= 0.6 is 0 Å². The molecule has 5 aromatic rings. The van der Waals surface area contributed by atoms with Crippen LogP contribution < -0.4 is 10.6 Å². The van der Waals surface area contributed by atoms with Crippen molar-refractivity contribution in [2.75, 3.05) is 5.32 Å². The van der Waals surface area contributed by atoms with Crippen LogP contribution in [0.2, 0.25) is 0 Å². The number of aryl methyl sites for hydroxylation is 1. The third-order valence-corrected chi connectivity index (χ3v) is 6.31. The number of hydrogen-bond donors (Lipinski definition) is 2. The molecule has 200 valence electrons. The minimum Gasteiger partial charge on any atom is -0.445 e. The summed E-state index contributed by atoms with van der Waals surface area (Å²) in [4.78, 5) is 39.5. The molecule has 1 aromatic heterocycles. The largest absolute Gasteiger partial charge is 0.445 e. The molecule has 0 radical (unpaired) electrons. The van der Waals surface area contributed by atoms with Gasteiger partial charge in [0.05, 0.1) is 11.2 Å². The Bertz CT molecular complexity index is 1620. The van der Waals surface area contributed by atoms with Crippen molar-refractivity contribution in [2.24, 2.45) is 0 Å². The number of rotatable bonds is 10. The van der Waals surface area contributed by atoms with E-state index in [9.17, 15) is 14.4 Å². The molecule has 0 bridgehead atoms. The van der Waals surface area contributed by atoms with Crippen molar-refractivity contribution in [3.05, 3.63) is 126 Å². The quantitative estimate of drug-likeness (QED) is 0.235. The van der Waals surface area contributed by atoms with Crippen LogP contribution in [0.15, 0.2) is 109 Å². The Balaban J connectivity index is 1.35. The van der Waals surface area contributed by atoms with Crippen molar-refractivity contribution in [2.45, 2.75) is 25.6 Å². The highest BCUT2D eigenvalue weighted by atomic mass is 16.5. The molecule has 0 spiro atoms. The lowest BCUT2D eigenvalue weighted by atomic mass is 10.0. The molecule has 1 heterocycles. The molecular weight excluding hydrogens is 506 g/mol. The summed E-state index contributed by atoms with van der Waals surface area (Å²) in [5, 5.41) is 13.6. The van der Waals surface area contributed by atoms with Crippen LogP contribution in [-0.2, 0) is 22.6 Å². The fourth-order valence-electron chi connectivity index (χ4n) is 4.27. The second-order valence-corrected chi connectivity index (χ2v) is 9.07. The lowest BCUT2D eigenvalue weighted by molar-refractivity contribution is -0.120. The summed E-state index contributed by atoms with van der Waals surface area (Å²) >= 11 is 0. The first-order valence-electron chi connectivity index (χ1n) is 12.8. The number of aromatic nitrogens is 3. The number of anilines is 1. The van der Waals surface area contributed by atoms with Crippen LogP contribution in [0.1, 0.15) is 34.1 Å². The Morgan fingerprint density at radius 3 is 2.20 bits per heavy atom. The zero-order valence-electron chi connectivity index (χ0n) is 21.6. The molecule has 1 unspecified atom stereocenters. The van der Waals surface area contributed by atoms with Gasteiger partial charge in [-0.1, -0.05) is 90.1 Å². The Morgan fingerprint density at radius 2 is 1.43 bits per heavy atom. The van der Waals surface area contributed by atoms with E-state index in [0.717, 1.165) is 11.1 Å². The predicted octanol–water partition coefficient (Wildman–Crippen LogP) is 5.31. The Hall–Kier alpha value is -5.31. The van der Waals surface area contributed by atoms with E-state index < -0.39 is 18.2 Å². The van der Waals surface area contributed by atoms with Crippen molar-refractivity contribution in [3.63, 3.8) is 0 Å². The van der Waals surface area contributed by atoms with Gasteiger partial charge >= 0.3 is 6.09 Å². The highest BCUT2D eigenvalue weighted by Gasteiger charge is 2.27. The van der Waals surface area contributed by atoms with Crippen molar-refractivity contribution in [1.82, 2.24) is 20.3 Å². The van der Waals surface area contributed by atoms with Crippen LogP contribution in [0.5, 0.6) is 0 Å². The molecule has 2 amide bonds.